The molecule has 27 heavy (non-hydrogen) atoms. The van der Waals surface area contributed by atoms with Crippen LogP contribution in [0.2, 0.25) is 0 Å². The van der Waals surface area contributed by atoms with Gasteiger partial charge >= 0.3 is 0 Å². The molecule has 5 nitrogen and oxygen atoms in total. The number of hydrogen-bond acceptors (Lipinski definition) is 4. The Kier molecular flexibility index (Phi) is 4.75. The van der Waals surface area contributed by atoms with Crippen LogP contribution < -0.4 is 10.1 Å². The second-order valence-electron chi connectivity index (χ2n) is 6.50. The molecule has 0 radical (unpaired) electrons. The second-order valence-corrected chi connectivity index (χ2v) is 6.50. The minimum Gasteiger partial charge on any atom is -0.495 e. The molecule has 3 aromatic rings. The number of hydrogen-bond donors (Lipinski definition) is 1. The Morgan fingerprint density at radius 2 is 1.81 bits per heavy atom. The summed E-state index contributed by atoms with van der Waals surface area (Å²) in [6.45, 7) is 1.36. The third-order valence-corrected chi connectivity index (χ3v) is 4.79. The fraction of sp³-hybridized carbons (Fsp3) is 0.182. The van der Waals surface area contributed by atoms with Crippen LogP contribution >= 0.6 is 0 Å². The number of ether oxygens (including phenoxy) is 1. The number of carbonyl (C=O) groups excluding carboxylic acids is 1. The van der Waals surface area contributed by atoms with Gasteiger partial charge in [-0.05, 0) is 41.8 Å². The molecule has 1 N–H and O–H groups in total. The quantitative estimate of drug-likeness (QED) is 0.764. The summed E-state index contributed by atoms with van der Waals surface area (Å²) >= 11 is 0. The Labute approximate surface area is 158 Å². The van der Waals surface area contributed by atoms with Crippen LogP contribution in [0.25, 0.3) is 0 Å². The summed E-state index contributed by atoms with van der Waals surface area (Å²) in [5.74, 6) is 0.720. The summed E-state index contributed by atoms with van der Waals surface area (Å²) in [4.78, 5) is 19.0. The number of methoxy groups -OCH3 is 1. The van der Waals surface area contributed by atoms with E-state index in [0.717, 1.165) is 30.1 Å². The highest BCUT2D eigenvalue weighted by molar-refractivity contribution is 5.92. The number of carbonyl (C=O) groups is 1. The van der Waals surface area contributed by atoms with E-state index in [0.29, 0.717) is 12.2 Å². The van der Waals surface area contributed by atoms with Gasteiger partial charge in [0.05, 0.1) is 24.7 Å². The first kappa shape index (κ1) is 17.1. The van der Waals surface area contributed by atoms with Crippen LogP contribution in [0.1, 0.15) is 21.6 Å². The Morgan fingerprint density at radius 1 is 1.04 bits per heavy atom. The molecule has 2 heterocycles. The van der Waals surface area contributed by atoms with Gasteiger partial charge in [0.1, 0.15) is 11.4 Å². The van der Waals surface area contributed by atoms with Crippen molar-refractivity contribution in [1.29, 1.82) is 0 Å². The molecule has 4 rings (SSSR count). The lowest BCUT2D eigenvalue weighted by Gasteiger charge is -2.28. The highest BCUT2D eigenvalue weighted by Gasteiger charge is 2.22. The first-order chi connectivity index (χ1) is 13.2. The molecular weight excluding hydrogens is 338 g/mol. The maximum atomic E-state index is 12.8. The minimum absolute atomic E-state index is 0.0339. The molecule has 0 aliphatic carbocycles. The molecule has 0 saturated heterocycles. The number of rotatable bonds is 4. The fourth-order valence-corrected chi connectivity index (χ4v) is 3.33. The zero-order valence-electron chi connectivity index (χ0n) is 15.2. The molecule has 0 saturated carbocycles. The van der Waals surface area contributed by atoms with Crippen molar-refractivity contribution in [3.63, 3.8) is 0 Å². The number of nitrogens with one attached hydrogen (secondary N) is 1. The fourth-order valence-electron chi connectivity index (χ4n) is 3.33. The maximum Gasteiger partial charge on any atom is 0.272 e. The van der Waals surface area contributed by atoms with E-state index in [-0.39, 0.29) is 5.91 Å². The normalized spacial score (nSPS) is 13.0. The van der Waals surface area contributed by atoms with Gasteiger partial charge in [-0.1, -0.05) is 36.4 Å². The van der Waals surface area contributed by atoms with Gasteiger partial charge in [-0.2, -0.15) is 0 Å². The van der Waals surface area contributed by atoms with Crippen molar-refractivity contribution >= 4 is 17.3 Å². The monoisotopic (exact) mass is 359 g/mol. The van der Waals surface area contributed by atoms with Crippen molar-refractivity contribution in [3.05, 3.63) is 83.7 Å². The number of amides is 1. The molecule has 2 aromatic carbocycles. The Morgan fingerprint density at radius 3 is 2.59 bits per heavy atom. The zero-order chi connectivity index (χ0) is 18.6. The van der Waals surface area contributed by atoms with E-state index in [1.165, 1.54) is 11.1 Å². The first-order valence-electron chi connectivity index (χ1n) is 8.97. The van der Waals surface area contributed by atoms with Gasteiger partial charge in [-0.3, -0.25) is 4.79 Å². The average molecular weight is 359 g/mol. The van der Waals surface area contributed by atoms with Crippen molar-refractivity contribution in [2.24, 2.45) is 0 Å². The average Bonchev–Trinajstić information content (AvgIpc) is 2.74. The predicted octanol–water partition coefficient (Wildman–Crippen LogP) is 4.03. The lowest BCUT2D eigenvalue weighted by Crippen LogP contribution is -2.36. The summed E-state index contributed by atoms with van der Waals surface area (Å²) in [6.07, 6.45) is 2.56. The maximum absolute atomic E-state index is 12.8. The van der Waals surface area contributed by atoms with Crippen LogP contribution in [0, 0.1) is 0 Å². The first-order valence-corrected chi connectivity index (χ1v) is 8.97. The molecule has 1 aliphatic rings. The number of fused-ring (bicyclic) bond motifs is 1. The van der Waals surface area contributed by atoms with Gasteiger partial charge < -0.3 is 15.0 Å². The number of aromatic nitrogens is 1. The smallest absolute Gasteiger partial charge is 0.272 e. The minimum atomic E-state index is -0.0339. The Bertz CT molecular complexity index is 954. The highest BCUT2D eigenvalue weighted by atomic mass is 16.5. The van der Waals surface area contributed by atoms with Crippen molar-refractivity contribution in [2.45, 2.75) is 13.0 Å². The molecule has 1 aliphatic heterocycles. The molecule has 0 spiro atoms. The van der Waals surface area contributed by atoms with Crippen LogP contribution in [0.15, 0.2) is 66.9 Å². The zero-order valence-corrected chi connectivity index (χ0v) is 15.2. The van der Waals surface area contributed by atoms with Gasteiger partial charge in [0.15, 0.2) is 0 Å². The van der Waals surface area contributed by atoms with Crippen LogP contribution in [0.4, 0.5) is 11.4 Å². The third-order valence-electron chi connectivity index (χ3n) is 4.79. The molecule has 0 atom stereocenters. The van der Waals surface area contributed by atoms with Crippen molar-refractivity contribution in [1.82, 2.24) is 9.88 Å². The lowest BCUT2D eigenvalue weighted by molar-refractivity contribution is 0.0729. The van der Waals surface area contributed by atoms with Gasteiger partial charge in [-0.25, -0.2) is 4.98 Å². The van der Waals surface area contributed by atoms with E-state index >= 15 is 0 Å². The summed E-state index contributed by atoms with van der Waals surface area (Å²) in [6, 6.07) is 19.6. The molecule has 1 aromatic heterocycles. The molecular formula is C22H21N3O2. The van der Waals surface area contributed by atoms with E-state index in [9.17, 15) is 4.79 Å². The van der Waals surface area contributed by atoms with Crippen molar-refractivity contribution in [3.8, 4) is 5.75 Å². The summed E-state index contributed by atoms with van der Waals surface area (Å²) in [5.41, 5.74) is 4.66. The number of benzene rings is 2. The summed E-state index contributed by atoms with van der Waals surface area (Å²) < 4.78 is 5.34. The molecule has 5 heteroatoms. The molecule has 1 amide bonds. The summed E-state index contributed by atoms with van der Waals surface area (Å²) in [7, 11) is 1.64. The SMILES string of the molecule is COc1ccccc1Nc1ccc(C(=O)N2CCc3ccccc3C2)nc1. The molecule has 0 bridgehead atoms. The van der Waals surface area contributed by atoms with Gasteiger partial charge in [0.25, 0.3) is 5.91 Å². The number of para-hydroxylation sites is 2. The highest BCUT2D eigenvalue weighted by Crippen LogP contribution is 2.27. The van der Waals surface area contributed by atoms with Gasteiger partial charge in [0, 0.05) is 13.1 Å². The largest absolute Gasteiger partial charge is 0.495 e. The molecule has 0 unspecified atom stereocenters. The van der Waals surface area contributed by atoms with E-state index in [1.807, 2.05) is 47.4 Å². The lowest BCUT2D eigenvalue weighted by atomic mass is 10.00. The summed E-state index contributed by atoms with van der Waals surface area (Å²) in [5, 5.41) is 3.27. The van der Waals surface area contributed by atoms with E-state index < -0.39 is 0 Å². The van der Waals surface area contributed by atoms with Crippen LogP contribution in [0.3, 0.4) is 0 Å². The van der Waals surface area contributed by atoms with Crippen molar-refractivity contribution < 1.29 is 9.53 Å². The van der Waals surface area contributed by atoms with E-state index in [1.54, 1.807) is 19.4 Å². The second kappa shape index (κ2) is 7.50. The van der Waals surface area contributed by atoms with Crippen LogP contribution in [0.5, 0.6) is 5.75 Å². The number of anilines is 2. The van der Waals surface area contributed by atoms with Crippen molar-refractivity contribution in [2.75, 3.05) is 19.0 Å². The van der Waals surface area contributed by atoms with E-state index in [4.69, 9.17) is 4.74 Å². The van der Waals surface area contributed by atoms with Gasteiger partial charge in [-0.15, -0.1) is 0 Å². The Hall–Kier alpha value is -3.34. The van der Waals surface area contributed by atoms with Crippen LogP contribution in [-0.4, -0.2) is 29.4 Å². The number of pyridine rings is 1. The third kappa shape index (κ3) is 3.62. The van der Waals surface area contributed by atoms with Crippen LogP contribution in [-0.2, 0) is 13.0 Å². The Balaban J connectivity index is 1.47. The topological polar surface area (TPSA) is 54.5 Å². The van der Waals surface area contributed by atoms with E-state index in [2.05, 4.69) is 22.4 Å². The molecule has 136 valence electrons. The predicted molar refractivity (Wildman–Crippen MR) is 105 cm³/mol. The molecule has 0 fully saturated rings. The number of nitrogens with zero attached hydrogens (tertiary/aromatic N) is 2. The van der Waals surface area contributed by atoms with Gasteiger partial charge in [0.2, 0.25) is 0 Å². The standard InChI is InChI=1S/C22H21N3O2/c1-27-21-9-5-4-8-19(21)24-18-10-11-20(23-14-18)22(26)25-13-12-16-6-2-3-7-17(16)15-25/h2-11,14,24H,12-13,15H2,1H3.